The van der Waals surface area contributed by atoms with Crippen molar-refractivity contribution in [3.05, 3.63) is 41.5 Å². The van der Waals surface area contributed by atoms with E-state index in [9.17, 15) is 18.8 Å². The number of carbonyl (C=O) groups excluding carboxylic acids is 1. The van der Waals surface area contributed by atoms with Gasteiger partial charge in [0, 0.05) is 19.2 Å². The Balaban J connectivity index is 2.04. The van der Waals surface area contributed by atoms with Gasteiger partial charge in [-0.1, -0.05) is 0 Å². The Kier molecular flexibility index (Phi) is 2.77. The minimum atomic E-state index is -2.86. The second kappa shape index (κ2) is 4.36. The number of aromatic nitrogens is 2. The zero-order valence-corrected chi connectivity index (χ0v) is 10.4. The van der Waals surface area contributed by atoms with Crippen molar-refractivity contribution in [1.82, 2.24) is 9.88 Å². The number of likely N-dealkylation sites (tertiary alicyclic amines) is 1. The number of alkyl halides is 2. The average molecular weight is 279 g/mol. The van der Waals surface area contributed by atoms with Crippen LogP contribution in [0.2, 0.25) is 0 Å². The van der Waals surface area contributed by atoms with Crippen molar-refractivity contribution in [1.29, 1.82) is 0 Å². The summed E-state index contributed by atoms with van der Waals surface area (Å²) in [5.74, 6) is -3.45. The highest BCUT2D eigenvalue weighted by Gasteiger charge is 2.41. The van der Waals surface area contributed by atoms with Crippen LogP contribution in [0.25, 0.3) is 10.9 Å². The molecular formula is C13H11F2N3O2. The molecule has 0 bridgehead atoms. The lowest BCUT2D eigenvalue weighted by atomic mass is 10.1. The van der Waals surface area contributed by atoms with Crippen LogP contribution in [0.1, 0.15) is 16.8 Å². The summed E-state index contributed by atoms with van der Waals surface area (Å²) in [7, 11) is 0. The number of hydrogen-bond donors (Lipinski definition) is 0. The first-order valence-electron chi connectivity index (χ1n) is 6.11. The summed E-state index contributed by atoms with van der Waals surface area (Å²) in [5.41, 5.74) is 0.399. The van der Waals surface area contributed by atoms with Gasteiger partial charge in [0.2, 0.25) is 0 Å². The standard InChI is InChI=1S/C13H11F2N3O2/c14-13(15)3-5-17(8-13)12(19)10-7-18(20)6-9-2-1-4-16-11(9)10/h1-2,4,6-7H,3,5,8H2. The van der Waals surface area contributed by atoms with E-state index in [0.717, 1.165) is 11.1 Å². The summed E-state index contributed by atoms with van der Waals surface area (Å²) in [5, 5.41) is 12.0. The largest absolute Gasteiger partial charge is 0.619 e. The fourth-order valence-corrected chi connectivity index (χ4v) is 2.35. The van der Waals surface area contributed by atoms with E-state index in [1.807, 2.05) is 0 Å². The van der Waals surface area contributed by atoms with Crippen molar-refractivity contribution in [3.63, 3.8) is 0 Å². The molecule has 2 aromatic rings. The third kappa shape index (κ3) is 2.15. The molecule has 3 rings (SSSR count). The fraction of sp³-hybridized carbons (Fsp3) is 0.308. The van der Waals surface area contributed by atoms with Gasteiger partial charge < -0.3 is 10.1 Å². The summed E-state index contributed by atoms with van der Waals surface area (Å²) >= 11 is 0. The molecule has 0 N–H and O–H groups in total. The maximum absolute atomic E-state index is 13.2. The van der Waals surface area contributed by atoms with Crippen LogP contribution in [-0.4, -0.2) is 34.8 Å². The predicted molar refractivity (Wildman–Crippen MR) is 66.2 cm³/mol. The Morgan fingerprint density at radius 3 is 2.95 bits per heavy atom. The van der Waals surface area contributed by atoms with Gasteiger partial charge in [0.05, 0.1) is 17.4 Å². The van der Waals surface area contributed by atoms with E-state index in [1.165, 1.54) is 12.4 Å². The van der Waals surface area contributed by atoms with Gasteiger partial charge in [0.15, 0.2) is 12.4 Å². The van der Waals surface area contributed by atoms with Gasteiger partial charge in [-0.15, -0.1) is 0 Å². The zero-order chi connectivity index (χ0) is 14.3. The second-order valence-corrected chi connectivity index (χ2v) is 4.81. The number of amides is 1. The summed E-state index contributed by atoms with van der Waals surface area (Å²) < 4.78 is 26.9. The van der Waals surface area contributed by atoms with Crippen molar-refractivity contribution in [2.75, 3.05) is 13.1 Å². The number of carbonyl (C=O) groups is 1. The van der Waals surface area contributed by atoms with Gasteiger partial charge >= 0.3 is 0 Å². The van der Waals surface area contributed by atoms with Crippen molar-refractivity contribution in [3.8, 4) is 0 Å². The molecule has 1 aliphatic heterocycles. The third-order valence-corrected chi connectivity index (χ3v) is 3.30. The highest BCUT2D eigenvalue weighted by atomic mass is 19.3. The summed E-state index contributed by atoms with van der Waals surface area (Å²) in [4.78, 5) is 17.4. The number of pyridine rings is 2. The zero-order valence-electron chi connectivity index (χ0n) is 10.4. The lowest BCUT2D eigenvalue weighted by Gasteiger charge is -2.16. The molecule has 1 saturated heterocycles. The Morgan fingerprint density at radius 1 is 1.45 bits per heavy atom. The molecule has 0 atom stereocenters. The van der Waals surface area contributed by atoms with Crippen LogP contribution in [0, 0.1) is 5.21 Å². The fourth-order valence-electron chi connectivity index (χ4n) is 2.35. The third-order valence-electron chi connectivity index (χ3n) is 3.30. The van der Waals surface area contributed by atoms with Crippen LogP contribution in [0.4, 0.5) is 8.78 Å². The molecular weight excluding hydrogens is 268 g/mol. The van der Waals surface area contributed by atoms with E-state index in [-0.39, 0.29) is 18.5 Å². The number of hydrogen-bond acceptors (Lipinski definition) is 3. The van der Waals surface area contributed by atoms with Crippen molar-refractivity contribution < 1.29 is 18.3 Å². The molecule has 0 aliphatic carbocycles. The smallest absolute Gasteiger partial charge is 0.267 e. The molecule has 0 spiro atoms. The SMILES string of the molecule is O=C(c1c[n+]([O-])cc2cccnc12)N1CCC(F)(F)C1. The average Bonchev–Trinajstić information content (AvgIpc) is 2.77. The second-order valence-electron chi connectivity index (χ2n) is 4.81. The molecule has 0 aromatic carbocycles. The molecule has 104 valence electrons. The monoisotopic (exact) mass is 279 g/mol. The molecule has 1 fully saturated rings. The first-order chi connectivity index (χ1) is 9.46. The molecule has 5 nitrogen and oxygen atoms in total. The van der Waals surface area contributed by atoms with E-state index in [0.29, 0.717) is 15.6 Å². The predicted octanol–water partition coefficient (Wildman–Crippen LogP) is 1.35. The van der Waals surface area contributed by atoms with Crippen LogP contribution < -0.4 is 4.73 Å². The summed E-state index contributed by atoms with van der Waals surface area (Å²) in [6.45, 7) is -0.637. The van der Waals surface area contributed by atoms with E-state index >= 15 is 0 Å². The van der Waals surface area contributed by atoms with Gasteiger partial charge in [-0.2, -0.15) is 4.73 Å². The molecule has 20 heavy (non-hydrogen) atoms. The quantitative estimate of drug-likeness (QED) is 0.585. The molecule has 1 amide bonds. The number of nitrogens with zero attached hydrogens (tertiary/aromatic N) is 3. The van der Waals surface area contributed by atoms with Crippen LogP contribution in [-0.2, 0) is 0 Å². The first-order valence-corrected chi connectivity index (χ1v) is 6.11. The first kappa shape index (κ1) is 12.7. The van der Waals surface area contributed by atoms with Gasteiger partial charge in [-0.05, 0) is 12.1 Å². The van der Waals surface area contributed by atoms with Crippen LogP contribution in [0.3, 0.4) is 0 Å². The Morgan fingerprint density at radius 2 is 2.25 bits per heavy atom. The maximum atomic E-state index is 13.2. The highest BCUT2D eigenvalue weighted by Crippen LogP contribution is 2.28. The topological polar surface area (TPSA) is 60.1 Å². The van der Waals surface area contributed by atoms with E-state index in [4.69, 9.17) is 0 Å². The molecule has 3 heterocycles. The minimum absolute atomic E-state index is 0.0199. The van der Waals surface area contributed by atoms with Gasteiger partial charge in [0.25, 0.3) is 11.8 Å². The van der Waals surface area contributed by atoms with E-state index < -0.39 is 18.4 Å². The summed E-state index contributed by atoms with van der Waals surface area (Å²) in [6, 6.07) is 3.28. The number of halogens is 2. The number of rotatable bonds is 1. The summed E-state index contributed by atoms with van der Waals surface area (Å²) in [6.07, 6.45) is 3.51. The minimum Gasteiger partial charge on any atom is -0.619 e. The molecule has 0 radical (unpaired) electrons. The molecule has 2 aromatic heterocycles. The van der Waals surface area contributed by atoms with E-state index in [1.54, 1.807) is 12.1 Å². The lowest BCUT2D eigenvalue weighted by Crippen LogP contribution is -2.34. The van der Waals surface area contributed by atoms with Crippen LogP contribution in [0.15, 0.2) is 30.7 Å². The van der Waals surface area contributed by atoms with Crippen molar-refractivity contribution >= 4 is 16.8 Å². The Bertz CT molecular complexity index is 690. The number of fused-ring (bicyclic) bond motifs is 1. The van der Waals surface area contributed by atoms with Gasteiger partial charge in [-0.25, -0.2) is 8.78 Å². The molecule has 0 saturated carbocycles. The van der Waals surface area contributed by atoms with Crippen LogP contribution in [0.5, 0.6) is 0 Å². The van der Waals surface area contributed by atoms with Crippen LogP contribution >= 0.6 is 0 Å². The highest BCUT2D eigenvalue weighted by molar-refractivity contribution is 6.04. The lowest BCUT2D eigenvalue weighted by molar-refractivity contribution is -0.604. The van der Waals surface area contributed by atoms with Gasteiger partial charge in [-0.3, -0.25) is 9.78 Å². The van der Waals surface area contributed by atoms with Crippen molar-refractivity contribution in [2.24, 2.45) is 0 Å². The maximum Gasteiger partial charge on any atom is 0.267 e. The molecule has 1 aliphatic rings. The Labute approximate surface area is 113 Å². The van der Waals surface area contributed by atoms with Crippen molar-refractivity contribution in [2.45, 2.75) is 12.3 Å². The normalized spacial score (nSPS) is 17.6. The molecule has 7 heteroatoms. The molecule has 0 unspecified atom stereocenters. The van der Waals surface area contributed by atoms with E-state index in [2.05, 4.69) is 4.98 Å². The van der Waals surface area contributed by atoms with Gasteiger partial charge in [0.1, 0.15) is 5.56 Å². The Hall–Kier alpha value is -2.31.